The van der Waals surface area contributed by atoms with Crippen LogP contribution in [0.2, 0.25) is 0 Å². The maximum absolute atomic E-state index is 11.2. The van der Waals surface area contributed by atoms with E-state index in [1.165, 1.54) is 7.11 Å². The quantitative estimate of drug-likeness (QED) is 0.648. The van der Waals surface area contributed by atoms with Crippen molar-refractivity contribution in [3.63, 3.8) is 0 Å². The van der Waals surface area contributed by atoms with Crippen LogP contribution in [0.1, 0.15) is 36.1 Å². The third-order valence-corrected chi connectivity index (χ3v) is 1.94. The lowest BCUT2D eigenvalue weighted by Crippen LogP contribution is -2.10. The zero-order valence-electron chi connectivity index (χ0n) is 8.37. The predicted octanol–water partition coefficient (Wildman–Crippen LogP) is 1.33. The van der Waals surface area contributed by atoms with Crippen LogP contribution in [0.4, 0.5) is 0 Å². The lowest BCUT2D eigenvalue weighted by atomic mass is 10.2. The Morgan fingerprint density at radius 3 is 2.62 bits per heavy atom. The summed E-state index contributed by atoms with van der Waals surface area (Å²) in [6.07, 6.45) is 1.54. The second kappa shape index (κ2) is 3.60. The van der Waals surface area contributed by atoms with Gasteiger partial charge in [0.05, 0.1) is 13.3 Å². The van der Waals surface area contributed by atoms with Gasteiger partial charge in [0.15, 0.2) is 0 Å². The van der Waals surface area contributed by atoms with Crippen LogP contribution in [0.25, 0.3) is 0 Å². The molecule has 1 aromatic rings. The van der Waals surface area contributed by atoms with E-state index < -0.39 is 0 Å². The highest BCUT2D eigenvalue weighted by atomic mass is 16.5. The number of ether oxygens (including phenoxy) is 1. The van der Waals surface area contributed by atoms with Gasteiger partial charge in [-0.3, -0.25) is 0 Å². The minimum atomic E-state index is -0.345. The molecule has 0 saturated heterocycles. The Kier molecular flexibility index (Phi) is 2.70. The predicted molar refractivity (Wildman–Crippen MR) is 48.6 cm³/mol. The number of carbonyl (C=O) groups excluding carboxylic acids is 1. The van der Waals surface area contributed by atoms with Gasteiger partial charge in [-0.25, -0.2) is 9.78 Å². The van der Waals surface area contributed by atoms with Gasteiger partial charge in [-0.15, -0.1) is 0 Å². The summed E-state index contributed by atoms with van der Waals surface area (Å²) in [5, 5.41) is 0. The molecule has 0 aliphatic rings. The van der Waals surface area contributed by atoms with Gasteiger partial charge in [0.25, 0.3) is 0 Å². The Bertz CT molecular complexity index is 315. The first-order valence-corrected chi connectivity index (χ1v) is 4.17. The Hall–Kier alpha value is -1.32. The van der Waals surface area contributed by atoms with Crippen molar-refractivity contribution in [3.8, 4) is 0 Å². The van der Waals surface area contributed by atoms with E-state index in [0.717, 1.165) is 5.82 Å². The van der Waals surface area contributed by atoms with Gasteiger partial charge in [-0.2, -0.15) is 0 Å². The molecule has 0 bridgehead atoms. The number of rotatable bonds is 2. The number of esters is 1. The first-order valence-electron chi connectivity index (χ1n) is 4.17. The molecule has 0 aliphatic carbocycles. The van der Waals surface area contributed by atoms with E-state index >= 15 is 0 Å². The van der Waals surface area contributed by atoms with E-state index in [-0.39, 0.29) is 5.97 Å². The summed E-state index contributed by atoms with van der Waals surface area (Å²) < 4.78 is 6.37. The van der Waals surface area contributed by atoms with Gasteiger partial charge < -0.3 is 9.30 Å². The van der Waals surface area contributed by atoms with Crippen molar-refractivity contribution >= 4 is 5.97 Å². The number of hydrogen-bond acceptors (Lipinski definition) is 3. The van der Waals surface area contributed by atoms with Crippen LogP contribution in [-0.2, 0) is 11.8 Å². The smallest absolute Gasteiger partial charge is 0.356 e. The topological polar surface area (TPSA) is 44.1 Å². The molecule has 0 atom stereocenters. The number of aromatic nitrogens is 2. The summed E-state index contributed by atoms with van der Waals surface area (Å²) in [4.78, 5) is 15.3. The summed E-state index contributed by atoms with van der Waals surface area (Å²) in [6.45, 7) is 4.06. The zero-order valence-corrected chi connectivity index (χ0v) is 8.37. The molecular formula is C9H14N2O2. The molecule has 4 heteroatoms. The highest BCUT2D eigenvalue weighted by Crippen LogP contribution is 2.13. The van der Waals surface area contributed by atoms with Crippen LogP contribution in [0.5, 0.6) is 0 Å². The Labute approximate surface area is 77.5 Å². The Morgan fingerprint density at radius 1 is 1.62 bits per heavy atom. The summed E-state index contributed by atoms with van der Waals surface area (Å²) in [7, 11) is 3.18. The van der Waals surface area contributed by atoms with E-state index in [1.54, 1.807) is 10.8 Å². The molecule has 0 N–H and O–H groups in total. The first-order chi connectivity index (χ1) is 6.07. The van der Waals surface area contributed by atoms with Crippen LogP contribution in [0.15, 0.2) is 6.20 Å². The van der Waals surface area contributed by atoms with Gasteiger partial charge in [0.1, 0.15) is 11.5 Å². The van der Waals surface area contributed by atoms with Crippen molar-refractivity contribution in [2.45, 2.75) is 19.8 Å². The number of hydrogen-bond donors (Lipinski definition) is 0. The monoisotopic (exact) mass is 182 g/mol. The molecule has 1 aromatic heterocycles. The van der Waals surface area contributed by atoms with Gasteiger partial charge in [-0.05, 0) is 0 Å². The molecule has 0 radical (unpaired) electrons. The lowest BCUT2D eigenvalue weighted by molar-refractivity contribution is 0.0589. The van der Waals surface area contributed by atoms with Crippen molar-refractivity contribution in [3.05, 3.63) is 17.7 Å². The fourth-order valence-electron chi connectivity index (χ4n) is 1.25. The van der Waals surface area contributed by atoms with Crippen molar-refractivity contribution < 1.29 is 9.53 Å². The number of imidazole rings is 1. The molecule has 13 heavy (non-hydrogen) atoms. The van der Waals surface area contributed by atoms with Gasteiger partial charge in [-0.1, -0.05) is 13.8 Å². The number of methoxy groups -OCH3 is 1. The van der Waals surface area contributed by atoms with E-state index in [0.29, 0.717) is 11.6 Å². The normalized spacial score (nSPS) is 10.5. The van der Waals surface area contributed by atoms with Crippen molar-refractivity contribution in [1.82, 2.24) is 9.55 Å². The number of carbonyl (C=O) groups is 1. The molecule has 0 amide bonds. The van der Waals surface area contributed by atoms with Gasteiger partial charge >= 0.3 is 5.97 Å². The number of nitrogens with zero attached hydrogens (tertiary/aromatic N) is 2. The summed E-state index contributed by atoms with van der Waals surface area (Å²) >= 11 is 0. The van der Waals surface area contributed by atoms with Crippen molar-refractivity contribution in [2.24, 2.45) is 7.05 Å². The molecule has 0 spiro atoms. The molecule has 0 fully saturated rings. The largest absolute Gasteiger partial charge is 0.464 e. The first kappa shape index (κ1) is 9.77. The third-order valence-electron chi connectivity index (χ3n) is 1.94. The van der Waals surface area contributed by atoms with Crippen molar-refractivity contribution in [1.29, 1.82) is 0 Å². The Morgan fingerprint density at radius 2 is 2.23 bits per heavy atom. The van der Waals surface area contributed by atoms with Crippen LogP contribution in [-0.4, -0.2) is 22.6 Å². The Balaban J connectivity index is 3.06. The summed E-state index contributed by atoms with van der Waals surface area (Å²) in [6, 6.07) is 0. The molecule has 1 rings (SSSR count). The zero-order chi connectivity index (χ0) is 10.0. The third kappa shape index (κ3) is 1.71. The molecule has 1 heterocycles. The maximum Gasteiger partial charge on any atom is 0.356 e. The van der Waals surface area contributed by atoms with E-state index in [1.807, 2.05) is 20.9 Å². The van der Waals surface area contributed by atoms with E-state index in [4.69, 9.17) is 0 Å². The second-order valence-corrected chi connectivity index (χ2v) is 3.21. The second-order valence-electron chi connectivity index (χ2n) is 3.21. The lowest BCUT2D eigenvalue weighted by Gasteiger charge is -2.06. The standard InChI is InChI=1S/C9H14N2O2/c1-6(2)8-10-5-7(11(8)3)9(12)13-4/h5-6H,1-4H3. The maximum atomic E-state index is 11.2. The van der Waals surface area contributed by atoms with Crippen LogP contribution < -0.4 is 0 Å². The SMILES string of the molecule is COC(=O)c1cnc(C(C)C)n1C. The molecule has 0 aromatic carbocycles. The van der Waals surface area contributed by atoms with Crippen molar-refractivity contribution in [2.75, 3.05) is 7.11 Å². The van der Waals surface area contributed by atoms with Gasteiger partial charge in [0, 0.05) is 13.0 Å². The van der Waals surface area contributed by atoms with Crippen LogP contribution in [0.3, 0.4) is 0 Å². The van der Waals surface area contributed by atoms with E-state index in [2.05, 4.69) is 9.72 Å². The molecule has 0 saturated carbocycles. The fourth-order valence-corrected chi connectivity index (χ4v) is 1.25. The molecular weight excluding hydrogens is 168 g/mol. The molecule has 0 aliphatic heterocycles. The summed E-state index contributed by atoms with van der Waals surface area (Å²) in [5.74, 6) is 0.853. The molecule has 72 valence electrons. The average molecular weight is 182 g/mol. The molecule has 0 unspecified atom stereocenters. The highest BCUT2D eigenvalue weighted by molar-refractivity contribution is 5.87. The van der Waals surface area contributed by atoms with Crippen LogP contribution in [0, 0.1) is 0 Å². The molecule has 4 nitrogen and oxygen atoms in total. The van der Waals surface area contributed by atoms with Gasteiger partial charge in [0.2, 0.25) is 0 Å². The minimum Gasteiger partial charge on any atom is -0.464 e. The summed E-state index contributed by atoms with van der Waals surface area (Å²) in [5.41, 5.74) is 0.492. The fraction of sp³-hybridized carbons (Fsp3) is 0.556. The average Bonchev–Trinajstić information content (AvgIpc) is 2.46. The minimum absolute atomic E-state index is 0.309. The highest BCUT2D eigenvalue weighted by Gasteiger charge is 2.15. The van der Waals surface area contributed by atoms with E-state index in [9.17, 15) is 4.79 Å². The van der Waals surface area contributed by atoms with Crippen LogP contribution >= 0.6 is 0 Å².